The Kier molecular flexibility index (Phi) is 5.34. The third-order valence-corrected chi connectivity index (χ3v) is 4.82. The zero-order valence-corrected chi connectivity index (χ0v) is 14.4. The molecule has 0 radical (unpaired) electrons. The Bertz CT molecular complexity index is 628. The quantitative estimate of drug-likeness (QED) is 0.854. The fraction of sp³-hybridized carbons (Fsp3) is 0.429. The minimum atomic E-state index is -1.14. The molecular formula is C21H26O3. The summed E-state index contributed by atoms with van der Waals surface area (Å²) < 4.78 is 12.5. The second-order valence-corrected chi connectivity index (χ2v) is 6.58. The van der Waals surface area contributed by atoms with E-state index in [1.54, 1.807) is 0 Å². The van der Waals surface area contributed by atoms with Gasteiger partial charge in [0.2, 0.25) is 5.79 Å². The fourth-order valence-corrected chi connectivity index (χ4v) is 3.40. The van der Waals surface area contributed by atoms with Crippen molar-refractivity contribution in [3.63, 3.8) is 0 Å². The Labute approximate surface area is 144 Å². The van der Waals surface area contributed by atoms with E-state index in [2.05, 4.69) is 13.8 Å². The second-order valence-electron chi connectivity index (χ2n) is 6.58. The average molecular weight is 326 g/mol. The molecule has 0 saturated carbocycles. The Morgan fingerprint density at radius 1 is 1.08 bits per heavy atom. The van der Waals surface area contributed by atoms with Crippen LogP contribution in [0.15, 0.2) is 60.7 Å². The van der Waals surface area contributed by atoms with Gasteiger partial charge in [-0.25, -0.2) is 0 Å². The Hall–Kier alpha value is -1.68. The van der Waals surface area contributed by atoms with Crippen molar-refractivity contribution in [1.82, 2.24) is 0 Å². The van der Waals surface area contributed by atoms with E-state index < -0.39 is 11.9 Å². The van der Waals surface area contributed by atoms with E-state index >= 15 is 0 Å². The van der Waals surface area contributed by atoms with Crippen molar-refractivity contribution in [3.05, 3.63) is 71.8 Å². The normalized spacial score (nSPS) is 26.2. The molecule has 3 nitrogen and oxygen atoms in total. The van der Waals surface area contributed by atoms with Crippen LogP contribution in [0.25, 0.3) is 0 Å². The van der Waals surface area contributed by atoms with Crippen LogP contribution in [0.2, 0.25) is 0 Å². The monoisotopic (exact) mass is 326 g/mol. The Balaban J connectivity index is 1.95. The van der Waals surface area contributed by atoms with Gasteiger partial charge < -0.3 is 14.6 Å². The van der Waals surface area contributed by atoms with Crippen molar-refractivity contribution in [2.24, 2.45) is 5.92 Å². The number of benzene rings is 2. The molecule has 0 aliphatic carbocycles. The van der Waals surface area contributed by atoms with Crippen LogP contribution < -0.4 is 0 Å². The van der Waals surface area contributed by atoms with Crippen LogP contribution >= 0.6 is 0 Å². The summed E-state index contributed by atoms with van der Waals surface area (Å²) in [4.78, 5) is 0. The topological polar surface area (TPSA) is 38.7 Å². The van der Waals surface area contributed by atoms with Gasteiger partial charge in [0.1, 0.15) is 6.10 Å². The molecule has 3 rings (SSSR count). The van der Waals surface area contributed by atoms with E-state index in [0.29, 0.717) is 12.5 Å². The summed E-state index contributed by atoms with van der Waals surface area (Å²) in [6.07, 6.45) is 1.31. The van der Waals surface area contributed by atoms with Gasteiger partial charge in [0.25, 0.3) is 0 Å². The van der Waals surface area contributed by atoms with Gasteiger partial charge in [0.15, 0.2) is 0 Å². The van der Waals surface area contributed by atoms with Crippen LogP contribution in [0.1, 0.15) is 43.9 Å². The van der Waals surface area contributed by atoms with Gasteiger partial charge in [-0.3, -0.25) is 0 Å². The van der Waals surface area contributed by atoms with E-state index in [0.717, 1.165) is 24.0 Å². The van der Waals surface area contributed by atoms with E-state index in [-0.39, 0.29) is 6.10 Å². The number of ether oxygens (including phenoxy) is 2. The van der Waals surface area contributed by atoms with Gasteiger partial charge in [0, 0.05) is 5.56 Å². The highest BCUT2D eigenvalue weighted by molar-refractivity contribution is 5.28. The standard InChI is InChI=1S/C21H26O3/c1-3-10-16(2)19-15-23-21(24-19,18-13-8-5-9-14-18)20(22)17-11-6-4-7-12-17/h4-9,11-14,16,19-20,22H,3,10,15H2,1-2H3. The summed E-state index contributed by atoms with van der Waals surface area (Å²) in [6, 6.07) is 19.4. The predicted octanol–water partition coefficient (Wildman–Crippen LogP) is 4.42. The molecule has 0 amide bonds. The minimum absolute atomic E-state index is 0.0106. The molecule has 2 aromatic carbocycles. The fourth-order valence-electron chi connectivity index (χ4n) is 3.40. The van der Waals surface area contributed by atoms with Crippen LogP contribution in [0.4, 0.5) is 0 Å². The largest absolute Gasteiger partial charge is 0.382 e. The number of aliphatic hydroxyl groups excluding tert-OH is 1. The summed E-state index contributed by atoms with van der Waals surface area (Å²) in [5.41, 5.74) is 1.65. The number of hydrogen-bond donors (Lipinski definition) is 1. The molecule has 0 bridgehead atoms. The Morgan fingerprint density at radius 2 is 1.71 bits per heavy atom. The molecule has 128 valence electrons. The number of hydrogen-bond acceptors (Lipinski definition) is 3. The van der Waals surface area contributed by atoms with Crippen LogP contribution in [-0.2, 0) is 15.3 Å². The molecule has 2 aromatic rings. The maximum absolute atomic E-state index is 11.1. The molecule has 1 saturated heterocycles. The molecule has 1 N–H and O–H groups in total. The van der Waals surface area contributed by atoms with E-state index in [9.17, 15) is 5.11 Å². The highest BCUT2D eigenvalue weighted by Gasteiger charge is 2.50. The van der Waals surface area contributed by atoms with E-state index in [1.165, 1.54) is 0 Å². The average Bonchev–Trinajstić information content (AvgIpc) is 3.09. The Morgan fingerprint density at radius 3 is 2.33 bits per heavy atom. The third kappa shape index (κ3) is 3.25. The zero-order chi connectivity index (χ0) is 17.0. The SMILES string of the molecule is CCCC(C)C1COC(c2ccccc2)(C(O)c2ccccc2)O1. The maximum Gasteiger partial charge on any atom is 0.226 e. The summed E-state index contributed by atoms with van der Waals surface area (Å²) in [6.45, 7) is 4.86. The van der Waals surface area contributed by atoms with Crippen molar-refractivity contribution < 1.29 is 14.6 Å². The molecule has 3 heteroatoms. The molecule has 4 unspecified atom stereocenters. The summed E-state index contributed by atoms with van der Waals surface area (Å²) >= 11 is 0. The van der Waals surface area contributed by atoms with Gasteiger partial charge in [0.05, 0.1) is 12.7 Å². The second kappa shape index (κ2) is 7.47. The van der Waals surface area contributed by atoms with Gasteiger partial charge in [-0.15, -0.1) is 0 Å². The van der Waals surface area contributed by atoms with E-state index in [1.807, 2.05) is 60.7 Å². The van der Waals surface area contributed by atoms with Gasteiger partial charge in [-0.1, -0.05) is 80.9 Å². The molecule has 1 aliphatic heterocycles. The molecule has 24 heavy (non-hydrogen) atoms. The van der Waals surface area contributed by atoms with Crippen molar-refractivity contribution in [1.29, 1.82) is 0 Å². The lowest BCUT2D eigenvalue weighted by molar-refractivity contribution is -0.244. The van der Waals surface area contributed by atoms with E-state index in [4.69, 9.17) is 9.47 Å². The zero-order valence-electron chi connectivity index (χ0n) is 14.4. The van der Waals surface area contributed by atoms with Crippen LogP contribution in [-0.4, -0.2) is 17.8 Å². The highest BCUT2D eigenvalue weighted by atomic mass is 16.8. The van der Waals surface area contributed by atoms with Crippen molar-refractivity contribution in [2.75, 3.05) is 6.61 Å². The molecule has 0 spiro atoms. The molecule has 1 fully saturated rings. The first kappa shape index (κ1) is 17.2. The van der Waals surface area contributed by atoms with Crippen LogP contribution in [0.3, 0.4) is 0 Å². The molecule has 1 heterocycles. The van der Waals surface area contributed by atoms with Crippen LogP contribution in [0.5, 0.6) is 0 Å². The summed E-state index contributed by atoms with van der Waals surface area (Å²) in [7, 11) is 0. The molecule has 0 aromatic heterocycles. The lowest BCUT2D eigenvalue weighted by Crippen LogP contribution is -2.36. The number of aliphatic hydroxyl groups is 1. The van der Waals surface area contributed by atoms with Gasteiger partial charge in [-0.05, 0) is 17.9 Å². The maximum atomic E-state index is 11.1. The van der Waals surface area contributed by atoms with Gasteiger partial charge in [-0.2, -0.15) is 0 Å². The predicted molar refractivity (Wildman–Crippen MR) is 94.4 cm³/mol. The minimum Gasteiger partial charge on any atom is -0.382 e. The van der Waals surface area contributed by atoms with Gasteiger partial charge >= 0.3 is 0 Å². The lowest BCUT2D eigenvalue weighted by atomic mass is 9.94. The van der Waals surface area contributed by atoms with Crippen molar-refractivity contribution >= 4 is 0 Å². The highest BCUT2D eigenvalue weighted by Crippen LogP contribution is 2.45. The lowest BCUT2D eigenvalue weighted by Gasteiger charge is -2.34. The molecular weight excluding hydrogens is 300 g/mol. The molecule has 4 atom stereocenters. The summed E-state index contributed by atoms with van der Waals surface area (Å²) in [5, 5.41) is 11.1. The van der Waals surface area contributed by atoms with Crippen LogP contribution in [0, 0.1) is 5.92 Å². The molecule has 1 aliphatic rings. The first-order valence-corrected chi connectivity index (χ1v) is 8.77. The first-order chi connectivity index (χ1) is 11.7. The first-order valence-electron chi connectivity index (χ1n) is 8.77. The van der Waals surface area contributed by atoms with Crippen molar-refractivity contribution in [2.45, 2.75) is 44.7 Å². The third-order valence-electron chi connectivity index (χ3n) is 4.82. The van der Waals surface area contributed by atoms with Crippen molar-refractivity contribution in [3.8, 4) is 0 Å². The smallest absolute Gasteiger partial charge is 0.226 e. The number of rotatable bonds is 6. The summed E-state index contributed by atoms with van der Waals surface area (Å²) in [5.74, 6) is -0.751.